The van der Waals surface area contributed by atoms with Crippen molar-refractivity contribution in [3.05, 3.63) is 120 Å². The number of benzene rings is 3. The standard InChI is InChI=1S/C28H22N2O4/c31-27(32)19-8-7-10-21(16-19)30(17-20-9-5-6-15-29-20)28(33)34-18-26-24-13-3-1-11-22(24)23-12-2-4-14-25(23)26/h1-16,26H,17-18H2,(H,31,32). The van der Waals surface area contributed by atoms with E-state index in [0.29, 0.717) is 11.4 Å². The van der Waals surface area contributed by atoms with E-state index in [0.717, 1.165) is 22.3 Å². The average Bonchev–Trinajstić information content (AvgIpc) is 3.20. The molecule has 0 bridgehead atoms. The summed E-state index contributed by atoms with van der Waals surface area (Å²) in [6.45, 7) is 0.324. The van der Waals surface area contributed by atoms with Crippen LogP contribution in [0.5, 0.6) is 0 Å². The summed E-state index contributed by atoms with van der Waals surface area (Å²) in [6.07, 6.45) is 1.09. The van der Waals surface area contributed by atoms with Crippen LogP contribution in [-0.2, 0) is 11.3 Å². The highest BCUT2D eigenvalue weighted by atomic mass is 16.6. The Hall–Kier alpha value is -4.45. The third kappa shape index (κ3) is 4.13. The van der Waals surface area contributed by atoms with Gasteiger partial charge in [0.15, 0.2) is 0 Å². The number of aromatic nitrogens is 1. The van der Waals surface area contributed by atoms with Crippen LogP contribution in [-0.4, -0.2) is 28.8 Å². The minimum absolute atomic E-state index is 0.0709. The first-order valence-corrected chi connectivity index (χ1v) is 11.0. The minimum atomic E-state index is -1.06. The normalized spacial score (nSPS) is 12.0. The highest BCUT2D eigenvalue weighted by Crippen LogP contribution is 2.44. The number of ether oxygens (including phenoxy) is 1. The number of carbonyl (C=O) groups is 2. The smallest absolute Gasteiger partial charge is 0.414 e. The van der Waals surface area contributed by atoms with Gasteiger partial charge in [0.25, 0.3) is 0 Å². The summed E-state index contributed by atoms with van der Waals surface area (Å²) in [5.74, 6) is -1.13. The van der Waals surface area contributed by atoms with E-state index in [1.54, 1.807) is 24.4 Å². The molecule has 1 aromatic heterocycles. The van der Waals surface area contributed by atoms with Gasteiger partial charge in [-0.2, -0.15) is 0 Å². The fourth-order valence-electron chi connectivity index (χ4n) is 4.39. The van der Waals surface area contributed by atoms with E-state index in [2.05, 4.69) is 29.2 Å². The average molecular weight is 450 g/mol. The van der Waals surface area contributed by atoms with Crippen LogP contribution in [0.3, 0.4) is 0 Å². The second-order valence-corrected chi connectivity index (χ2v) is 8.07. The van der Waals surface area contributed by atoms with E-state index in [1.165, 1.54) is 17.0 Å². The maximum Gasteiger partial charge on any atom is 0.414 e. The van der Waals surface area contributed by atoms with Crippen LogP contribution < -0.4 is 4.90 Å². The van der Waals surface area contributed by atoms with E-state index in [4.69, 9.17) is 4.74 Å². The summed E-state index contributed by atoms with van der Waals surface area (Å²) in [6, 6.07) is 28.0. The molecule has 5 rings (SSSR count). The van der Waals surface area contributed by atoms with Crippen molar-refractivity contribution in [3.8, 4) is 11.1 Å². The summed E-state index contributed by atoms with van der Waals surface area (Å²) in [4.78, 5) is 30.6. The first kappa shape index (κ1) is 21.4. The molecule has 0 atom stereocenters. The number of carboxylic acids is 1. The SMILES string of the molecule is O=C(O)c1cccc(N(Cc2ccccn2)C(=O)OCC2c3ccccc3-c3ccccc32)c1. The van der Waals surface area contributed by atoms with Gasteiger partial charge in [0.1, 0.15) is 6.61 Å². The van der Waals surface area contributed by atoms with Crippen molar-refractivity contribution in [2.45, 2.75) is 12.5 Å². The first-order valence-electron chi connectivity index (χ1n) is 11.0. The molecule has 168 valence electrons. The van der Waals surface area contributed by atoms with Gasteiger partial charge in [-0.1, -0.05) is 60.7 Å². The molecule has 0 aliphatic heterocycles. The predicted molar refractivity (Wildman–Crippen MR) is 129 cm³/mol. The van der Waals surface area contributed by atoms with E-state index < -0.39 is 12.1 Å². The van der Waals surface area contributed by atoms with E-state index in [-0.39, 0.29) is 24.6 Å². The maximum absolute atomic E-state index is 13.3. The van der Waals surface area contributed by atoms with Crippen LogP contribution in [0.2, 0.25) is 0 Å². The highest BCUT2D eigenvalue weighted by Gasteiger charge is 2.30. The van der Waals surface area contributed by atoms with Gasteiger partial charge in [0, 0.05) is 17.8 Å². The zero-order valence-electron chi connectivity index (χ0n) is 18.3. The molecule has 1 aliphatic carbocycles. The Kier molecular flexibility index (Phi) is 5.79. The molecule has 0 saturated heterocycles. The molecule has 1 N–H and O–H groups in total. The minimum Gasteiger partial charge on any atom is -0.478 e. The van der Waals surface area contributed by atoms with Gasteiger partial charge in [-0.15, -0.1) is 0 Å². The summed E-state index contributed by atoms with van der Waals surface area (Å²) in [5, 5.41) is 9.41. The predicted octanol–water partition coefficient (Wildman–Crippen LogP) is 5.74. The summed E-state index contributed by atoms with van der Waals surface area (Å²) < 4.78 is 5.84. The number of amides is 1. The van der Waals surface area contributed by atoms with E-state index in [9.17, 15) is 14.7 Å². The van der Waals surface area contributed by atoms with Gasteiger partial charge in [-0.3, -0.25) is 9.88 Å². The van der Waals surface area contributed by atoms with Gasteiger partial charge in [0.2, 0.25) is 0 Å². The number of rotatable bonds is 6. The Balaban J connectivity index is 1.42. The van der Waals surface area contributed by atoms with Gasteiger partial charge in [0.05, 0.1) is 17.8 Å². The van der Waals surface area contributed by atoms with Crippen LogP contribution in [0, 0.1) is 0 Å². The first-order chi connectivity index (χ1) is 16.6. The van der Waals surface area contributed by atoms with Crippen molar-refractivity contribution in [1.29, 1.82) is 0 Å². The number of aromatic carboxylic acids is 1. The lowest BCUT2D eigenvalue weighted by atomic mass is 9.98. The van der Waals surface area contributed by atoms with Crippen molar-refractivity contribution >= 4 is 17.7 Å². The summed E-state index contributed by atoms with van der Waals surface area (Å²) in [7, 11) is 0. The monoisotopic (exact) mass is 450 g/mol. The lowest BCUT2D eigenvalue weighted by molar-refractivity contribution is 0.0696. The number of nitrogens with zero attached hydrogens (tertiary/aromatic N) is 2. The molecule has 1 heterocycles. The fraction of sp³-hybridized carbons (Fsp3) is 0.107. The molecule has 34 heavy (non-hydrogen) atoms. The van der Waals surface area contributed by atoms with Gasteiger partial charge < -0.3 is 9.84 Å². The topological polar surface area (TPSA) is 79.7 Å². The van der Waals surface area contributed by atoms with E-state index in [1.807, 2.05) is 36.4 Å². The highest BCUT2D eigenvalue weighted by molar-refractivity contribution is 5.92. The number of carbonyl (C=O) groups excluding carboxylic acids is 1. The Labute approximate surface area is 197 Å². The summed E-state index contributed by atoms with van der Waals surface area (Å²) >= 11 is 0. The van der Waals surface area contributed by atoms with Crippen molar-refractivity contribution < 1.29 is 19.4 Å². The molecule has 6 heteroatoms. The quantitative estimate of drug-likeness (QED) is 0.405. The number of fused-ring (bicyclic) bond motifs is 3. The second kappa shape index (κ2) is 9.19. The Morgan fingerprint density at radius 1 is 0.853 bits per heavy atom. The number of carboxylic acid groups (broad SMARTS) is 1. The summed E-state index contributed by atoms with van der Waals surface area (Å²) in [5.41, 5.74) is 5.74. The Bertz CT molecular complexity index is 1310. The van der Waals surface area contributed by atoms with Crippen molar-refractivity contribution in [3.63, 3.8) is 0 Å². The lowest BCUT2D eigenvalue weighted by Crippen LogP contribution is -2.32. The largest absolute Gasteiger partial charge is 0.478 e. The molecule has 0 saturated carbocycles. The van der Waals surface area contributed by atoms with Crippen molar-refractivity contribution in [2.75, 3.05) is 11.5 Å². The maximum atomic E-state index is 13.3. The van der Waals surface area contributed by atoms with Gasteiger partial charge >= 0.3 is 12.1 Å². The number of anilines is 1. The molecule has 6 nitrogen and oxygen atoms in total. The zero-order chi connectivity index (χ0) is 23.5. The molecule has 0 unspecified atom stereocenters. The van der Waals surface area contributed by atoms with Crippen molar-refractivity contribution in [1.82, 2.24) is 4.98 Å². The Morgan fingerprint density at radius 3 is 2.18 bits per heavy atom. The molecular formula is C28H22N2O4. The van der Waals surface area contributed by atoms with Crippen molar-refractivity contribution in [2.24, 2.45) is 0 Å². The van der Waals surface area contributed by atoms with Crippen LogP contribution in [0.15, 0.2) is 97.2 Å². The molecule has 0 spiro atoms. The zero-order valence-corrected chi connectivity index (χ0v) is 18.3. The van der Waals surface area contributed by atoms with Gasteiger partial charge in [-0.25, -0.2) is 9.59 Å². The second-order valence-electron chi connectivity index (χ2n) is 8.07. The lowest BCUT2D eigenvalue weighted by Gasteiger charge is -2.24. The molecule has 3 aromatic carbocycles. The number of pyridine rings is 1. The molecule has 0 radical (unpaired) electrons. The van der Waals surface area contributed by atoms with Crippen LogP contribution in [0.1, 0.15) is 33.1 Å². The van der Waals surface area contributed by atoms with Crippen LogP contribution >= 0.6 is 0 Å². The molecule has 0 fully saturated rings. The third-order valence-electron chi connectivity index (χ3n) is 6.01. The van der Waals surface area contributed by atoms with Crippen LogP contribution in [0.4, 0.5) is 10.5 Å². The molecule has 4 aromatic rings. The fourth-order valence-corrected chi connectivity index (χ4v) is 4.39. The van der Waals surface area contributed by atoms with Crippen LogP contribution in [0.25, 0.3) is 11.1 Å². The van der Waals surface area contributed by atoms with Gasteiger partial charge in [-0.05, 0) is 52.6 Å². The molecule has 1 amide bonds. The Morgan fingerprint density at radius 2 is 1.53 bits per heavy atom. The van der Waals surface area contributed by atoms with E-state index >= 15 is 0 Å². The molecule has 1 aliphatic rings. The number of hydrogen-bond donors (Lipinski definition) is 1. The molecular weight excluding hydrogens is 428 g/mol. The number of hydrogen-bond acceptors (Lipinski definition) is 4. The third-order valence-corrected chi connectivity index (χ3v) is 6.01.